The molecule has 1 heterocycles. The third-order valence-electron chi connectivity index (χ3n) is 2.70. The van der Waals surface area contributed by atoms with Gasteiger partial charge in [0.25, 0.3) is 0 Å². The Balaban J connectivity index is 2.44. The first-order valence-electron chi connectivity index (χ1n) is 5.93. The maximum absolute atomic E-state index is 13.1. The second-order valence-corrected chi connectivity index (χ2v) is 4.08. The molecule has 1 N–H and O–H groups in total. The van der Waals surface area contributed by atoms with Crippen molar-refractivity contribution in [2.45, 2.75) is 19.6 Å². The highest BCUT2D eigenvalue weighted by molar-refractivity contribution is 5.44. The van der Waals surface area contributed by atoms with E-state index in [1.165, 1.54) is 29.2 Å². The van der Waals surface area contributed by atoms with Gasteiger partial charge >= 0.3 is 6.18 Å². The zero-order chi connectivity index (χ0) is 13.9. The first-order valence-corrected chi connectivity index (χ1v) is 5.93. The number of rotatable bonds is 4. The molecule has 0 aliphatic carbocycles. The monoisotopic (exact) mass is 269 g/mol. The van der Waals surface area contributed by atoms with Crippen LogP contribution in [0.5, 0.6) is 0 Å². The minimum absolute atomic E-state index is 0.0396. The summed E-state index contributed by atoms with van der Waals surface area (Å²) in [7, 11) is 0. The van der Waals surface area contributed by atoms with Crippen LogP contribution in [0.25, 0.3) is 5.69 Å². The largest absolute Gasteiger partial charge is 0.418 e. The van der Waals surface area contributed by atoms with Crippen molar-refractivity contribution in [3.05, 3.63) is 47.8 Å². The SMILES string of the molecule is CCNCc1ccc(-n2cccn2)c(C(F)(F)F)c1. The average molecular weight is 269 g/mol. The summed E-state index contributed by atoms with van der Waals surface area (Å²) in [5, 5.41) is 6.86. The van der Waals surface area contributed by atoms with Crippen LogP contribution in [-0.2, 0) is 12.7 Å². The zero-order valence-electron chi connectivity index (χ0n) is 10.4. The molecule has 2 aromatic rings. The highest BCUT2D eigenvalue weighted by Crippen LogP contribution is 2.34. The maximum atomic E-state index is 13.1. The molecule has 0 atom stereocenters. The van der Waals surface area contributed by atoms with E-state index >= 15 is 0 Å². The lowest BCUT2D eigenvalue weighted by atomic mass is 10.1. The molecule has 0 aliphatic heterocycles. The lowest BCUT2D eigenvalue weighted by Crippen LogP contribution is -2.15. The van der Waals surface area contributed by atoms with Crippen LogP contribution in [0.15, 0.2) is 36.7 Å². The molecule has 3 nitrogen and oxygen atoms in total. The summed E-state index contributed by atoms with van der Waals surface area (Å²) in [6, 6.07) is 5.88. The number of benzene rings is 1. The fourth-order valence-corrected chi connectivity index (χ4v) is 1.80. The van der Waals surface area contributed by atoms with Gasteiger partial charge in [-0.2, -0.15) is 18.3 Å². The summed E-state index contributed by atoms with van der Waals surface area (Å²) in [5.41, 5.74) is -0.0329. The molecule has 0 saturated carbocycles. The molecule has 19 heavy (non-hydrogen) atoms. The molecule has 0 unspecified atom stereocenters. The fraction of sp³-hybridized carbons (Fsp3) is 0.308. The lowest BCUT2D eigenvalue weighted by Gasteiger charge is -2.14. The highest BCUT2D eigenvalue weighted by Gasteiger charge is 2.34. The van der Waals surface area contributed by atoms with E-state index in [0.29, 0.717) is 18.7 Å². The summed E-state index contributed by atoms with van der Waals surface area (Å²) in [4.78, 5) is 0. The maximum Gasteiger partial charge on any atom is 0.418 e. The van der Waals surface area contributed by atoms with E-state index in [4.69, 9.17) is 0 Å². The lowest BCUT2D eigenvalue weighted by molar-refractivity contribution is -0.137. The Morgan fingerprint density at radius 1 is 1.32 bits per heavy atom. The standard InChI is InChI=1S/C13H14F3N3/c1-2-17-9-10-4-5-12(19-7-3-6-18-19)11(8-10)13(14,15)16/h3-8,17H,2,9H2,1H3. The van der Waals surface area contributed by atoms with Crippen LogP contribution in [0.4, 0.5) is 13.2 Å². The normalized spacial score (nSPS) is 11.8. The minimum atomic E-state index is -4.40. The molecule has 0 bridgehead atoms. The van der Waals surface area contributed by atoms with Crippen LogP contribution in [0.1, 0.15) is 18.1 Å². The van der Waals surface area contributed by atoms with E-state index < -0.39 is 11.7 Å². The Labute approximate surface area is 109 Å². The minimum Gasteiger partial charge on any atom is -0.313 e. The predicted octanol–water partition coefficient (Wildman–Crippen LogP) is 3.00. The first kappa shape index (κ1) is 13.6. The van der Waals surface area contributed by atoms with E-state index in [-0.39, 0.29) is 5.69 Å². The van der Waals surface area contributed by atoms with Crippen molar-refractivity contribution in [3.8, 4) is 5.69 Å². The van der Waals surface area contributed by atoms with Crippen molar-refractivity contribution in [1.29, 1.82) is 0 Å². The Bertz CT molecular complexity index is 533. The number of hydrogen-bond acceptors (Lipinski definition) is 2. The van der Waals surface area contributed by atoms with Crippen molar-refractivity contribution in [3.63, 3.8) is 0 Å². The van der Waals surface area contributed by atoms with Gasteiger partial charge in [-0.05, 0) is 30.3 Å². The van der Waals surface area contributed by atoms with E-state index in [1.807, 2.05) is 6.92 Å². The molecule has 1 aromatic carbocycles. The van der Waals surface area contributed by atoms with Gasteiger partial charge in [0.15, 0.2) is 0 Å². The zero-order valence-corrected chi connectivity index (χ0v) is 10.4. The van der Waals surface area contributed by atoms with Crippen LogP contribution in [0, 0.1) is 0 Å². The van der Waals surface area contributed by atoms with Crippen molar-refractivity contribution in [1.82, 2.24) is 15.1 Å². The Hall–Kier alpha value is -1.82. The van der Waals surface area contributed by atoms with Gasteiger partial charge in [0.05, 0.1) is 11.3 Å². The first-order chi connectivity index (χ1) is 9.02. The molecule has 0 fully saturated rings. The molecule has 0 spiro atoms. The second kappa shape index (κ2) is 5.44. The van der Waals surface area contributed by atoms with Gasteiger partial charge in [-0.1, -0.05) is 13.0 Å². The highest BCUT2D eigenvalue weighted by atomic mass is 19.4. The van der Waals surface area contributed by atoms with Crippen molar-refractivity contribution in [2.75, 3.05) is 6.54 Å². The number of halogens is 3. The molecule has 2 rings (SSSR count). The molecule has 6 heteroatoms. The fourth-order valence-electron chi connectivity index (χ4n) is 1.80. The van der Waals surface area contributed by atoms with Gasteiger partial charge in [-0.3, -0.25) is 0 Å². The summed E-state index contributed by atoms with van der Waals surface area (Å²) in [6.07, 6.45) is -1.45. The third kappa shape index (κ3) is 3.14. The van der Waals surface area contributed by atoms with Crippen LogP contribution in [-0.4, -0.2) is 16.3 Å². The predicted molar refractivity (Wildman–Crippen MR) is 65.9 cm³/mol. The molecule has 0 saturated heterocycles. The summed E-state index contributed by atoms with van der Waals surface area (Å²) < 4.78 is 40.5. The Morgan fingerprint density at radius 3 is 2.68 bits per heavy atom. The molecule has 102 valence electrons. The molecule has 0 radical (unpaired) electrons. The smallest absolute Gasteiger partial charge is 0.313 e. The van der Waals surface area contributed by atoms with Crippen molar-refractivity contribution < 1.29 is 13.2 Å². The molecule has 0 amide bonds. The number of aromatic nitrogens is 2. The van der Waals surface area contributed by atoms with Gasteiger partial charge in [-0.15, -0.1) is 0 Å². The van der Waals surface area contributed by atoms with Crippen molar-refractivity contribution >= 4 is 0 Å². The van der Waals surface area contributed by atoms with E-state index in [2.05, 4.69) is 10.4 Å². The Morgan fingerprint density at radius 2 is 2.11 bits per heavy atom. The molecule has 1 aromatic heterocycles. The van der Waals surface area contributed by atoms with Crippen LogP contribution in [0.2, 0.25) is 0 Å². The van der Waals surface area contributed by atoms with Crippen LogP contribution < -0.4 is 5.32 Å². The van der Waals surface area contributed by atoms with E-state index in [1.54, 1.807) is 12.1 Å². The number of nitrogens with one attached hydrogen (secondary N) is 1. The van der Waals surface area contributed by atoms with Gasteiger partial charge < -0.3 is 5.32 Å². The quantitative estimate of drug-likeness (QED) is 0.924. The van der Waals surface area contributed by atoms with Gasteiger partial charge in [-0.25, -0.2) is 4.68 Å². The average Bonchev–Trinajstić information content (AvgIpc) is 2.88. The van der Waals surface area contributed by atoms with Crippen molar-refractivity contribution in [2.24, 2.45) is 0 Å². The summed E-state index contributed by atoms with van der Waals surface area (Å²) in [6.45, 7) is 3.03. The molecular weight excluding hydrogens is 255 g/mol. The Kier molecular flexibility index (Phi) is 3.90. The van der Waals surface area contributed by atoms with Gasteiger partial charge in [0, 0.05) is 18.9 Å². The second-order valence-electron chi connectivity index (χ2n) is 4.08. The van der Waals surface area contributed by atoms with Crippen LogP contribution >= 0.6 is 0 Å². The number of hydrogen-bond donors (Lipinski definition) is 1. The third-order valence-corrected chi connectivity index (χ3v) is 2.70. The van der Waals surface area contributed by atoms with Gasteiger partial charge in [0.2, 0.25) is 0 Å². The number of alkyl halides is 3. The summed E-state index contributed by atoms with van der Waals surface area (Å²) in [5.74, 6) is 0. The van der Waals surface area contributed by atoms with E-state index in [9.17, 15) is 13.2 Å². The summed E-state index contributed by atoms with van der Waals surface area (Å²) >= 11 is 0. The molecular formula is C13H14F3N3. The van der Waals surface area contributed by atoms with Crippen LogP contribution in [0.3, 0.4) is 0 Å². The topological polar surface area (TPSA) is 29.9 Å². The van der Waals surface area contributed by atoms with Gasteiger partial charge in [0.1, 0.15) is 0 Å². The number of nitrogens with zero attached hydrogens (tertiary/aromatic N) is 2. The molecule has 0 aliphatic rings. The van der Waals surface area contributed by atoms with E-state index in [0.717, 1.165) is 0 Å².